The summed E-state index contributed by atoms with van der Waals surface area (Å²) < 4.78 is 5.07. The first-order valence-corrected chi connectivity index (χ1v) is 6.01. The highest BCUT2D eigenvalue weighted by Gasteiger charge is 2.34. The number of ether oxygens (including phenoxy) is 1. The van der Waals surface area contributed by atoms with Crippen LogP contribution >= 0.6 is 0 Å². The normalized spacial score (nSPS) is 26.7. The van der Waals surface area contributed by atoms with Crippen molar-refractivity contribution < 1.29 is 24.2 Å². The summed E-state index contributed by atoms with van der Waals surface area (Å²) in [4.78, 5) is 33.6. The maximum Gasteiger partial charge on any atom is 0.332 e. The van der Waals surface area contributed by atoms with Crippen molar-refractivity contribution in [3.8, 4) is 0 Å². The Hall–Kier alpha value is -1.63. The van der Waals surface area contributed by atoms with E-state index in [0.29, 0.717) is 12.8 Å². The van der Waals surface area contributed by atoms with Gasteiger partial charge < -0.3 is 20.5 Å². The van der Waals surface area contributed by atoms with Crippen LogP contribution in [0.1, 0.15) is 25.7 Å². The van der Waals surface area contributed by atoms with E-state index in [1.807, 2.05) is 0 Å². The van der Waals surface area contributed by atoms with Crippen molar-refractivity contribution in [3.05, 3.63) is 0 Å². The minimum Gasteiger partial charge on any atom is -0.479 e. The number of carbonyl (C=O) groups excluding carboxylic acids is 2. The second kappa shape index (κ2) is 5.34. The Morgan fingerprint density at radius 3 is 2.33 bits per heavy atom. The molecule has 0 aromatic rings. The van der Waals surface area contributed by atoms with Crippen LogP contribution in [0.3, 0.4) is 0 Å². The molecule has 7 nitrogen and oxygen atoms in total. The number of hydrogen-bond acceptors (Lipinski definition) is 4. The molecule has 3 N–H and O–H groups in total. The highest BCUT2D eigenvalue weighted by molar-refractivity contribution is 5.87. The molecule has 1 saturated carbocycles. The number of nitrogens with one attached hydrogen (secondary N) is 2. The van der Waals surface area contributed by atoms with Crippen LogP contribution in [0.5, 0.6) is 0 Å². The fraction of sp³-hybridized carbons (Fsp3) is 0.727. The van der Waals surface area contributed by atoms with Gasteiger partial charge in [0.1, 0.15) is 6.10 Å². The molecule has 0 radical (unpaired) electrons. The van der Waals surface area contributed by atoms with Gasteiger partial charge in [-0.3, -0.25) is 9.59 Å². The van der Waals surface area contributed by atoms with E-state index in [0.717, 1.165) is 12.8 Å². The predicted octanol–water partition coefficient (Wildman–Crippen LogP) is -0.987. The first kappa shape index (κ1) is 12.8. The molecule has 0 spiro atoms. The summed E-state index contributed by atoms with van der Waals surface area (Å²) in [5.41, 5.74) is 0. The number of carbonyl (C=O) groups is 3. The molecule has 2 amide bonds. The standard InChI is InChI=1S/C11H16N2O5/c14-9(13-6-1-2-6)5-12-10(15)7-3-4-8(18-7)11(16)17/h6-8H,1-5H2,(H,12,15)(H,13,14)(H,16,17)/t7-,8+/m0/s1. The third-order valence-electron chi connectivity index (χ3n) is 2.95. The average molecular weight is 256 g/mol. The largest absolute Gasteiger partial charge is 0.479 e. The van der Waals surface area contributed by atoms with Crippen LogP contribution in [-0.2, 0) is 19.1 Å². The fourth-order valence-corrected chi connectivity index (χ4v) is 1.80. The average Bonchev–Trinajstić information content (AvgIpc) is 2.98. The second-order valence-corrected chi connectivity index (χ2v) is 4.59. The van der Waals surface area contributed by atoms with E-state index in [1.54, 1.807) is 0 Å². The van der Waals surface area contributed by atoms with E-state index in [4.69, 9.17) is 9.84 Å². The highest BCUT2D eigenvalue weighted by Crippen LogP contribution is 2.20. The lowest BCUT2D eigenvalue weighted by molar-refractivity contribution is -0.152. The summed E-state index contributed by atoms with van der Waals surface area (Å²) in [6, 6.07) is 0.258. The summed E-state index contributed by atoms with van der Waals surface area (Å²) in [6.07, 6.45) is 0.993. The Morgan fingerprint density at radius 2 is 1.78 bits per heavy atom. The Bertz CT molecular complexity index is 366. The van der Waals surface area contributed by atoms with Crippen molar-refractivity contribution >= 4 is 17.8 Å². The zero-order chi connectivity index (χ0) is 13.1. The maximum absolute atomic E-state index is 11.6. The minimum atomic E-state index is -1.06. The quantitative estimate of drug-likeness (QED) is 0.586. The fourth-order valence-electron chi connectivity index (χ4n) is 1.80. The molecule has 0 bridgehead atoms. The lowest BCUT2D eigenvalue weighted by Crippen LogP contribution is -2.42. The van der Waals surface area contributed by atoms with Crippen LogP contribution < -0.4 is 10.6 Å². The lowest BCUT2D eigenvalue weighted by atomic mass is 10.2. The van der Waals surface area contributed by atoms with Crippen LogP contribution in [0.2, 0.25) is 0 Å². The number of hydrogen-bond donors (Lipinski definition) is 3. The Morgan fingerprint density at radius 1 is 1.11 bits per heavy atom. The predicted molar refractivity (Wildman–Crippen MR) is 59.7 cm³/mol. The van der Waals surface area contributed by atoms with E-state index in [2.05, 4.69) is 10.6 Å². The third kappa shape index (κ3) is 3.43. The molecule has 1 heterocycles. The van der Waals surface area contributed by atoms with Crippen LogP contribution in [0.4, 0.5) is 0 Å². The first-order chi connectivity index (χ1) is 8.56. The van der Waals surface area contributed by atoms with Gasteiger partial charge in [0.25, 0.3) is 0 Å². The SMILES string of the molecule is O=C(CNC(=O)[C@@H]1CC[C@H](C(=O)O)O1)NC1CC1. The molecule has 1 aliphatic carbocycles. The zero-order valence-electron chi connectivity index (χ0n) is 9.85. The summed E-state index contributed by atoms with van der Waals surface area (Å²) >= 11 is 0. The second-order valence-electron chi connectivity index (χ2n) is 4.59. The van der Waals surface area contributed by atoms with Crippen LogP contribution in [0.25, 0.3) is 0 Å². The first-order valence-electron chi connectivity index (χ1n) is 6.01. The monoisotopic (exact) mass is 256 g/mol. The summed E-state index contributed by atoms with van der Waals surface area (Å²) in [5.74, 6) is -1.71. The van der Waals surface area contributed by atoms with Crippen molar-refractivity contribution in [2.75, 3.05) is 6.54 Å². The van der Waals surface area contributed by atoms with Crippen LogP contribution in [0, 0.1) is 0 Å². The van der Waals surface area contributed by atoms with Crippen LogP contribution in [0.15, 0.2) is 0 Å². The van der Waals surface area contributed by atoms with Gasteiger partial charge in [-0.15, -0.1) is 0 Å². The molecule has 18 heavy (non-hydrogen) atoms. The molecule has 0 aromatic heterocycles. The minimum absolute atomic E-state index is 0.0903. The molecule has 0 unspecified atom stereocenters. The molecule has 2 aliphatic rings. The van der Waals surface area contributed by atoms with Gasteiger partial charge in [-0.1, -0.05) is 0 Å². The topological polar surface area (TPSA) is 105 Å². The molecule has 100 valence electrons. The van der Waals surface area contributed by atoms with Gasteiger partial charge in [0.2, 0.25) is 11.8 Å². The molecule has 2 rings (SSSR count). The van der Waals surface area contributed by atoms with Gasteiger partial charge in [-0.25, -0.2) is 4.79 Å². The molecule has 7 heteroatoms. The van der Waals surface area contributed by atoms with Crippen molar-refractivity contribution in [1.82, 2.24) is 10.6 Å². The molecular formula is C11H16N2O5. The molecule has 2 atom stereocenters. The van der Waals surface area contributed by atoms with Crippen molar-refractivity contribution in [1.29, 1.82) is 0 Å². The van der Waals surface area contributed by atoms with E-state index >= 15 is 0 Å². The van der Waals surface area contributed by atoms with E-state index in [9.17, 15) is 14.4 Å². The number of carboxylic acid groups (broad SMARTS) is 1. The number of aliphatic carboxylic acids is 1. The van der Waals surface area contributed by atoms with E-state index in [-0.39, 0.29) is 18.5 Å². The highest BCUT2D eigenvalue weighted by atomic mass is 16.5. The lowest BCUT2D eigenvalue weighted by Gasteiger charge is -2.11. The summed E-state index contributed by atoms with van der Waals surface area (Å²) in [7, 11) is 0. The molecule has 1 aliphatic heterocycles. The van der Waals surface area contributed by atoms with Crippen molar-refractivity contribution in [2.24, 2.45) is 0 Å². The Labute approximate surface area is 104 Å². The Balaban J connectivity index is 1.68. The molecule has 0 aromatic carbocycles. The number of amides is 2. The van der Waals surface area contributed by atoms with E-state index in [1.165, 1.54) is 0 Å². The number of rotatable bonds is 5. The molecule has 1 saturated heterocycles. The van der Waals surface area contributed by atoms with Gasteiger partial charge in [-0.05, 0) is 25.7 Å². The van der Waals surface area contributed by atoms with Crippen molar-refractivity contribution in [2.45, 2.75) is 43.9 Å². The maximum atomic E-state index is 11.6. The zero-order valence-corrected chi connectivity index (χ0v) is 9.85. The van der Waals surface area contributed by atoms with Crippen LogP contribution in [-0.4, -0.2) is 47.7 Å². The number of carboxylic acids is 1. The van der Waals surface area contributed by atoms with Gasteiger partial charge >= 0.3 is 5.97 Å². The summed E-state index contributed by atoms with van der Waals surface area (Å²) in [5, 5.41) is 13.9. The van der Waals surface area contributed by atoms with Gasteiger partial charge in [0.05, 0.1) is 6.54 Å². The van der Waals surface area contributed by atoms with Gasteiger partial charge in [0.15, 0.2) is 6.10 Å². The molecular weight excluding hydrogens is 240 g/mol. The van der Waals surface area contributed by atoms with Crippen molar-refractivity contribution in [3.63, 3.8) is 0 Å². The molecule has 2 fully saturated rings. The van der Waals surface area contributed by atoms with Gasteiger partial charge in [-0.2, -0.15) is 0 Å². The van der Waals surface area contributed by atoms with E-state index < -0.39 is 24.1 Å². The smallest absolute Gasteiger partial charge is 0.332 e. The van der Waals surface area contributed by atoms with Gasteiger partial charge in [0, 0.05) is 6.04 Å². The Kier molecular flexibility index (Phi) is 3.81. The summed E-state index contributed by atoms with van der Waals surface area (Å²) in [6.45, 7) is -0.0903. The third-order valence-corrected chi connectivity index (χ3v) is 2.95.